The molecule has 3 rings (SSSR count). The van der Waals surface area contributed by atoms with Gasteiger partial charge < -0.3 is 30.7 Å². The highest BCUT2D eigenvalue weighted by molar-refractivity contribution is 5.99. The van der Waals surface area contributed by atoms with Gasteiger partial charge in [-0.2, -0.15) is 0 Å². The van der Waals surface area contributed by atoms with Gasteiger partial charge in [-0.3, -0.25) is 4.79 Å². The molecule has 0 radical (unpaired) electrons. The normalized spacial score (nSPS) is 17.4. The monoisotopic (exact) mass is 572 g/mol. The number of rotatable bonds is 9. The summed E-state index contributed by atoms with van der Waals surface area (Å²) in [4.78, 5) is 50.4. The van der Waals surface area contributed by atoms with Gasteiger partial charge in [0.25, 0.3) is 5.91 Å². The lowest BCUT2D eigenvalue weighted by Gasteiger charge is -2.29. The maximum Gasteiger partial charge on any atom is 0.407 e. The number of oxime groups is 1. The van der Waals surface area contributed by atoms with Crippen LogP contribution in [0.25, 0.3) is 0 Å². The van der Waals surface area contributed by atoms with Gasteiger partial charge >= 0.3 is 12.1 Å². The molecule has 2 aromatic rings. The number of amidine groups is 1. The molecule has 222 valence electrons. The molecule has 13 heteroatoms. The molecular formula is C28H37FN6O6. The zero-order chi connectivity index (χ0) is 30.2. The average molecular weight is 573 g/mol. The molecule has 0 bridgehead atoms. The van der Waals surface area contributed by atoms with E-state index >= 15 is 0 Å². The van der Waals surface area contributed by atoms with E-state index in [0.29, 0.717) is 5.56 Å². The molecule has 2 amide bonds. The minimum atomic E-state index is -0.563. The quantitative estimate of drug-likeness (QED) is 0.176. The fourth-order valence-corrected chi connectivity index (χ4v) is 4.31. The van der Waals surface area contributed by atoms with Gasteiger partial charge in [0.2, 0.25) is 0 Å². The molecule has 1 fully saturated rings. The van der Waals surface area contributed by atoms with Gasteiger partial charge in [0.15, 0.2) is 17.4 Å². The number of aromatic nitrogens is 2. The summed E-state index contributed by atoms with van der Waals surface area (Å²) in [6.45, 7) is 7.11. The molecule has 1 heterocycles. The van der Waals surface area contributed by atoms with Crippen LogP contribution in [0, 0.1) is 18.7 Å². The van der Waals surface area contributed by atoms with Gasteiger partial charge in [-0.1, -0.05) is 11.2 Å². The van der Waals surface area contributed by atoms with Gasteiger partial charge in [-0.15, -0.1) is 0 Å². The Bertz CT molecular complexity index is 1290. The molecule has 1 aromatic heterocycles. The maximum absolute atomic E-state index is 13.6. The number of nitrogens with two attached hydrogens (primary N) is 1. The number of hydrogen-bond donors (Lipinski definition) is 3. The number of nitrogens with zero attached hydrogens (tertiary/aromatic N) is 3. The number of aryl methyl sites for hydroxylation is 1. The average Bonchev–Trinajstić information content (AvgIpc) is 2.90. The van der Waals surface area contributed by atoms with Crippen molar-refractivity contribution in [2.75, 3.05) is 7.11 Å². The summed E-state index contributed by atoms with van der Waals surface area (Å²) < 4.78 is 23.9. The highest BCUT2D eigenvalue weighted by atomic mass is 19.1. The summed E-state index contributed by atoms with van der Waals surface area (Å²) in [6.07, 6.45) is 2.64. The van der Waals surface area contributed by atoms with Gasteiger partial charge in [0.05, 0.1) is 13.5 Å². The Morgan fingerprint density at radius 1 is 1.10 bits per heavy atom. The summed E-state index contributed by atoms with van der Waals surface area (Å²) in [6, 6.07) is 5.59. The van der Waals surface area contributed by atoms with Crippen LogP contribution in [0.3, 0.4) is 0 Å². The van der Waals surface area contributed by atoms with E-state index in [2.05, 4.69) is 25.8 Å². The highest BCUT2D eigenvalue weighted by Gasteiger charge is 2.26. The number of amides is 2. The molecule has 0 saturated heterocycles. The molecule has 1 saturated carbocycles. The Hall–Kier alpha value is -4.29. The van der Waals surface area contributed by atoms with Gasteiger partial charge in [-0.25, -0.2) is 23.9 Å². The number of carbonyl (C=O) groups excluding carboxylic acids is 3. The molecular weight excluding hydrogens is 535 g/mol. The minimum absolute atomic E-state index is 0.00305. The van der Waals surface area contributed by atoms with Crippen molar-refractivity contribution in [2.45, 2.75) is 78.0 Å². The first-order chi connectivity index (χ1) is 19.3. The number of ether oxygens (including phenoxy) is 2. The molecule has 12 nitrogen and oxygen atoms in total. The predicted octanol–water partition coefficient (Wildman–Crippen LogP) is 3.50. The first kappa shape index (κ1) is 31.2. The third kappa shape index (κ3) is 10.00. The van der Waals surface area contributed by atoms with Crippen LogP contribution in [0.4, 0.5) is 9.18 Å². The molecule has 0 aliphatic heterocycles. The minimum Gasteiger partial charge on any atom is -0.494 e. The van der Waals surface area contributed by atoms with E-state index in [-0.39, 0.29) is 53.7 Å². The van der Waals surface area contributed by atoms with Crippen LogP contribution in [0.2, 0.25) is 0 Å². The summed E-state index contributed by atoms with van der Waals surface area (Å²) in [5, 5.41) is 9.28. The fraction of sp³-hybridized carbons (Fsp3) is 0.500. The second-order valence-corrected chi connectivity index (χ2v) is 10.8. The number of hydrogen-bond acceptors (Lipinski definition) is 9. The predicted molar refractivity (Wildman–Crippen MR) is 147 cm³/mol. The van der Waals surface area contributed by atoms with Gasteiger partial charge in [0, 0.05) is 12.6 Å². The smallest absolute Gasteiger partial charge is 0.407 e. The zero-order valence-electron chi connectivity index (χ0n) is 24.0. The number of benzene rings is 1. The summed E-state index contributed by atoms with van der Waals surface area (Å²) >= 11 is 0. The second-order valence-electron chi connectivity index (χ2n) is 10.8. The van der Waals surface area contributed by atoms with E-state index in [1.165, 1.54) is 31.4 Å². The number of methoxy groups -OCH3 is 1. The maximum atomic E-state index is 13.6. The fourth-order valence-electron chi connectivity index (χ4n) is 4.31. The third-order valence-corrected chi connectivity index (χ3v) is 6.27. The van der Waals surface area contributed by atoms with E-state index in [9.17, 15) is 18.8 Å². The van der Waals surface area contributed by atoms with Gasteiger partial charge in [-0.05, 0) is 83.1 Å². The highest BCUT2D eigenvalue weighted by Crippen LogP contribution is 2.27. The largest absolute Gasteiger partial charge is 0.494 e. The Morgan fingerprint density at radius 2 is 1.78 bits per heavy atom. The topological polar surface area (TPSA) is 167 Å². The van der Waals surface area contributed by atoms with Crippen molar-refractivity contribution in [3.8, 4) is 5.75 Å². The van der Waals surface area contributed by atoms with Crippen molar-refractivity contribution < 1.29 is 33.1 Å². The number of carbonyl (C=O) groups is 3. The molecule has 41 heavy (non-hydrogen) atoms. The Morgan fingerprint density at radius 3 is 2.44 bits per heavy atom. The van der Waals surface area contributed by atoms with Crippen molar-refractivity contribution in [1.82, 2.24) is 20.6 Å². The van der Waals surface area contributed by atoms with Crippen LogP contribution >= 0.6 is 0 Å². The number of nitrogens with one attached hydrogen (secondary N) is 2. The number of alkyl carbamates (subject to hydrolysis) is 1. The van der Waals surface area contributed by atoms with Crippen LogP contribution in [0.1, 0.15) is 80.4 Å². The van der Waals surface area contributed by atoms with Crippen LogP contribution < -0.4 is 21.1 Å². The third-order valence-electron chi connectivity index (χ3n) is 6.27. The Labute approximate surface area is 238 Å². The van der Waals surface area contributed by atoms with E-state index in [0.717, 1.165) is 25.7 Å². The summed E-state index contributed by atoms with van der Waals surface area (Å²) in [5.74, 6) is -1.33. The first-order valence-corrected chi connectivity index (χ1v) is 13.3. The SMILES string of the molecule is COc1cc(CNC(=O)c2cc(/C(N)=N/OC(=O)CC3CCC(NC(=O)OC(C)(C)C)CC3)nc(C)n2)ccc1F. The zero-order valence-corrected chi connectivity index (χ0v) is 24.0. The molecule has 0 atom stereocenters. The van der Waals surface area contributed by atoms with E-state index in [1.807, 2.05) is 20.8 Å². The van der Waals surface area contributed by atoms with E-state index < -0.39 is 29.4 Å². The Balaban J connectivity index is 1.50. The molecule has 1 aliphatic carbocycles. The van der Waals surface area contributed by atoms with Crippen molar-refractivity contribution in [1.29, 1.82) is 0 Å². The van der Waals surface area contributed by atoms with E-state index in [1.54, 1.807) is 6.92 Å². The molecule has 1 aromatic carbocycles. The van der Waals surface area contributed by atoms with Crippen molar-refractivity contribution in [2.24, 2.45) is 16.8 Å². The first-order valence-electron chi connectivity index (χ1n) is 13.3. The van der Waals surface area contributed by atoms with Crippen LogP contribution in [-0.4, -0.2) is 52.5 Å². The molecule has 0 unspecified atom stereocenters. The van der Waals surface area contributed by atoms with E-state index in [4.69, 9.17) is 20.0 Å². The van der Waals surface area contributed by atoms with Crippen molar-refractivity contribution >= 4 is 23.8 Å². The lowest BCUT2D eigenvalue weighted by molar-refractivity contribution is -0.145. The standard InChI is InChI=1S/C28H37FN6O6/c1-16-32-21(14-22(33-16)26(37)31-15-18-8-11-20(29)23(12-18)39-5)25(30)35-41-24(36)13-17-6-9-19(10-7-17)34-27(38)40-28(2,3)4/h8,11-12,14,17,19H,6-7,9-10,13,15H2,1-5H3,(H2,30,35)(H,31,37)(H,34,38). The van der Waals surface area contributed by atoms with Crippen LogP contribution in [0.15, 0.2) is 29.4 Å². The van der Waals surface area contributed by atoms with Crippen molar-refractivity contribution in [3.05, 3.63) is 52.9 Å². The molecule has 0 spiro atoms. The van der Waals surface area contributed by atoms with Crippen LogP contribution in [-0.2, 0) is 20.9 Å². The lowest BCUT2D eigenvalue weighted by Crippen LogP contribution is -2.41. The molecule has 1 aliphatic rings. The lowest BCUT2D eigenvalue weighted by atomic mass is 9.84. The Kier molecular flexibility index (Phi) is 10.6. The van der Waals surface area contributed by atoms with Gasteiger partial charge in [0.1, 0.15) is 22.8 Å². The van der Waals surface area contributed by atoms with Crippen molar-refractivity contribution in [3.63, 3.8) is 0 Å². The number of halogens is 1. The molecule has 4 N–H and O–H groups in total. The summed E-state index contributed by atoms with van der Waals surface area (Å²) in [5.41, 5.74) is 6.20. The summed E-state index contributed by atoms with van der Waals surface area (Å²) in [7, 11) is 1.36. The second kappa shape index (κ2) is 13.9. The van der Waals surface area contributed by atoms with Crippen LogP contribution in [0.5, 0.6) is 5.75 Å².